The van der Waals surface area contributed by atoms with Crippen LogP contribution in [0.2, 0.25) is 0 Å². The third-order valence-electron chi connectivity index (χ3n) is 4.44. The highest BCUT2D eigenvalue weighted by molar-refractivity contribution is 7.80. The average Bonchev–Trinajstić information content (AvgIpc) is 2.68. The van der Waals surface area contributed by atoms with Crippen LogP contribution in [0.25, 0.3) is 10.9 Å². The number of fused-ring (bicyclic) bond motifs is 1. The second-order valence-electron chi connectivity index (χ2n) is 6.64. The number of thiocarbonyl (C=S) groups is 1. The van der Waals surface area contributed by atoms with Crippen LogP contribution < -0.4 is 16.0 Å². The number of anilines is 1. The lowest BCUT2D eigenvalue weighted by Crippen LogP contribution is -2.37. The Morgan fingerprint density at radius 2 is 1.82 bits per heavy atom. The van der Waals surface area contributed by atoms with Crippen molar-refractivity contribution in [1.82, 2.24) is 15.6 Å². The van der Waals surface area contributed by atoms with Crippen LogP contribution in [0.15, 0.2) is 18.2 Å². The summed E-state index contributed by atoms with van der Waals surface area (Å²) >= 11 is 5.25. The van der Waals surface area contributed by atoms with E-state index in [1.165, 1.54) is 11.1 Å². The van der Waals surface area contributed by atoms with Crippen LogP contribution in [0.1, 0.15) is 36.5 Å². The number of ether oxygens (including phenoxy) is 1. The molecule has 3 N–H and O–H groups in total. The molecule has 1 aromatic carbocycles. The molecular formula is C21H29N5OS. The minimum atomic E-state index is 0.565. The van der Waals surface area contributed by atoms with E-state index in [4.69, 9.17) is 17.0 Å². The molecule has 150 valence electrons. The highest BCUT2D eigenvalue weighted by atomic mass is 32.1. The fourth-order valence-corrected chi connectivity index (χ4v) is 2.94. The first kappa shape index (κ1) is 21.9. The van der Waals surface area contributed by atoms with Gasteiger partial charge in [-0.3, -0.25) is 0 Å². The second-order valence-corrected chi connectivity index (χ2v) is 7.05. The van der Waals surface area contributed by atoms with Gasteiger partial charge in [-0.15, -0.1) is 0 Å². The van der Waals surface area contributed by atoms with Crippen LogP contribution in [0.3, 0.4) is 0 Å². The van der Waals surface area contributed by atoms with Gasteiger partial charge in [-0.1, -0.05) is 0 Å². The molecule has 1 heterocycles. The molecule has 0 bridgehead atoms. The monoisotopic (exact) mass is 399 g/mol. The number of aryl methyl sites for hydroxylation is 2. The van der Waals surface area contributed by atoms with Crippen LogP contribution in [0.5, 0.6) is 0 Å². The smallest absolute Gasteiger partial charge is 0.166 e. The number of nitriles is 1. The zero-order valence-electron chi connectivity index (χ0n) is 16.9. The van der Waals surface area contributed by atoms with Gasteiger partial charge in [0.1, 0.15) is 11.9 Å². The van der Waals surface area contributed by atoms with E-state index in [9.17, 15) is 5.26 Å². The Morgan fingerprint density at radius 3 is 2.54 bits per heavy atom. The molecule has 7 heteroatoms. The van der Waals surface area contributed by atoms with Crippen molar-refractivity contribution in [2.24, 2.45) is 0 Å². The van der Waals surface area contributed by atoms with Crippen LogP contribution in [0, 0.1) is 25.2 Å². The number of hydrogen-bond acceptors (Lipinski definition) is 5. The molecule has 0 aliphatic rings. The highest BCUT2D eigenvalue weighted by Gasteiger charge is 2.08. The second kappa shape index (κ2) is 11.4. The van der Waals surface area contributed by atoms with Crippen molar-refractivity contribution in [3.05, 3.63) is 34.9 Å². The van der Waals surface area contributed by atoms with Crippen LogP contribution in [-0.2, 0) is 4.74 Å². The molecule has 6 nitrogen and oxygen atoms in total. The van der Waals surface area contributed by atoms with E-state index < -0.39 is 0 Å². The first-order valence-corrected chi connectivity index (χ1v) is 10.1. The summed E-state index contributed by atoms with van der Waals surface area (Å²) in [5.41, 5.74) is 3.87. The van der Waals surface area contributed by atoms with Crippen LogP contribution in [0.4, 0.5) is 5.82 Å². The summed E-state index contributed by atoms with van der Waals surface area (Å²) in [5, 5.41) is 20.7. The Balaban J connectivity index is 1.78. The Morgan fingerprint density at radius 1 is 1.11 bits per heavy atom. The molecule has 0 saturated heterocycles. The van der Waals surface area contributed by atoms with E-state index in [1.54, 1.807) is 0 Å². The summed E-state index contributed by atoms with van der Waals surface area (Å²) in [6.45, 7) is 9.87. The lowest BCUT2D eigenvalue weighted by Gasteiger charge is -2.12. The number of rotatable bonds is 10. The minimum Gasteiger partial charge on any atom is -0.382 e. The molecule has 0 radical (unpaired) electrons. The quantitative estimate of drug-likeness (QED) is 0.417. The number of pyridine rings is 1. The van der Waals surface area contributed by atoms with Crippen LogP contribution >= 0.6 is 12.2 Å². The van der Waals surface area contributed by atoms with Gasteiger partial charge in [0, 0.05) is 38.2 Å². The lowest BCUT2D eigenvalue weighted by molar-refractivity contribution is 0.145. The zero-order chi connectivity index (χ0) is 20.4. The molecule has 2 rings (SSSR count). The predicted octanol–water partition coefficient (Wildman–Crippen LogP) is 3.42. The molecule has 2 aromatic rings. The van der Waals surface area contributed by atoms with Crippen molar-refractivity contribution < 1.29 is 4.74 Å². The fourth-order valence-electron chi connectivity index (χ4n) is 2.74. The summed E-state index contributed by atoms with van der Waals surface area (Å²) in [6, 6.07) is 8.28. The molecular weight excluding hydrogens is 370 g/mol. The minimum absolute atomic E-state index is 0.565. The van der Waals surface area contributed by atoms with Gasteiger partial charge < -0.3 is 20.7 Å². The third-order valence-corrected chi connectivity index (χ3v) is 4.73. The molecule has 0 amide bonds. The number of aromatic nitrogens is 1. The van der Waals surface area contributed by atoms with Gasteiger partial charge in [0.05, 0.1) is 11.1 Å². The summed E-state index contributed by atoms with van der Waals surface area (Å²) in [7, 11) is 0. The molecule has 0 spiro atoms. The predicted molar refractivity (Wildman–Crippen MR) is 119 cm³/mol. The van der Waals surface area contributed by atoms with E-state index in [0.29, 0.717) is 23.0 Å². The largest absolute Gasteiger partial charge is 0.382 e. The topological polar surface area (TPSA) is 82.0 Å². The van der Waals surface area contributed by atoms with Gasteiger partial charge >= 0.3 is 0 Å². The van der Waals surface area contributed by atoms with Gasteiger partial charge in [-0.05, 0) is 75.2 Å². The van der Waals surface area contributed by atoms with Gasteiger partial charge in [0.2, 0.25) is 0 Å². The first-order chi connectivity index (χ1) is 13.5. The third kappa shape index (κ3) is 6.63. The van der Waals surface area contributed by atoms with Gasteiger partial charge in [-0.2, -0.15) is 5.26 Å². The van der Waals surface area contributed by atoms with Crippen molar-refractivity contribution in [2.75, 3.05) is 38.2 Å². The highest BCUT2D eigenvalue weighted by Crippen LogP contribution is 2.23. The van der Waals surface area contributed by atoms with Crippen LogP contribution in [-0.4, -0.2) is 42.9 Å². The van der Waals surface area contributed by atoms with E-state index in [-0.39, 0.29) is 0 Å². The molecule has 0 unspecified atom stereocenters. The maximum absolute atomic E-state index is 9.44. The van der Waals surface area contributed by atoms with Crippen molar-refractivity contribution in [1.29, 1.82) is 5.26 Å². The zero-order valence-corrected chi connectivity index (χ0v) is 17.7. The number of benzene rings is 1. The molecule has 0 aliphatic heterocycles. The number of nitrogens with zero attached hydrogens (tertiary/aromatic N) is 2. The van der Waals surface area contributed by atoms with Crippen molar-refractivity contribution in [3.63, 3.8) is 0 Å². The fraction of sp³-hybridized carbons (Fsp3) is 0.476. The van der Waals surface area contributed by atoms with Crippen molar-refractivity contribution in [3.8, 4) is 6.07 Å². The maximum atomic E-state index is 9.44. The number of nitrogens with one attached hydrogen (secondary N) is 3. The van der Waals surface area contributed by atoms with Gasteiger partial charge in [-0.25, -0.2) is 4.98 Å². The van der Waals surface area contributed by atoms with Crippen molar-refractivity contribution >= 4 is 34.1 Å². The Labute approximate surface area is 172 Å². The van der Waals surface area contributed by atoms with Crippen molar-refractivity contribution in [2.45, 2.75) is 33.6 Å². The van der Waals surface area contributed by atoms with E-state index in [2.05, 4.69) is 53.0 Å². The maximum Gasteiger partial charge on any atom is 0.166 e. The summed E-state index contributed by atoms with van der Waals surface area (Å²) < 4.78 is 5.29. The van der Waals surface area contributed by atoms with Gasteiger partial charge in [0.15, 0.2) is 5.11 Å². The molecule has 0 saturated carbocycles. The SMILES string of the molecule is CCOCCCNC(=S)NCCCNc1nc2cc(C)c(C)cc2cc1C#N. The van der Waals surface area contributed by atoms with E-state index in [1.807, 2.05) is 13.0 Å². The molecule has 0 fully saturated rings. The van der Waals surface area contributed by atoms with Gasteiger partial charge in [0.25, 0.3) is 0 Å². The molecule has 0 aliphatic carbocycles. The summed E-state index contributed by atoms with van der Waals surface area (Å²) in [4.78, 5) is 4.64. The molecule has 1 aromatic heterocycles. The van der Waals surface area contributed by atoms with E-state index >= 15 is 0 Å². The Bertz CT molecular complexity index is 847. The lowest BCUT2D eigenvalue weighted by atomic mass is 10.0. The Kier molecular flexibility index (Phi) is 8.92. The summed E-state index contributed by atoms with van der Waals surface area (Å²) in [5.74, 6) is 0.634. The molecule has 0 atom stereocenters. The first-order valence-electron chi connectivity index (χ1n) is 9.70. The average molecular weight is 400 g/mol. The normalized spacial score (nSPS) is 10.5. The van der Waals surface area contributed by atoms with E-state index in [0.717, 1.165) is 50.0 Å². The standard InChI is InChI=1S/C21H29N5OS/c1-4-27-10-6-9-25-21(28)24-8-5-7-23-20-18(14-22)13-17-11-15(2)16(3)12-19(17)26-20/h11-13H,4-10H2,1-3H3,(H,23,26)(H2,24,25,28). The number of hydrogen-bond donors (Lipinski definition) is 3. The summed E-state index contributed by atoms with van der Waals surface area (Å²) in [6.07, 6.45) is 1.79. The Hall–Kier alpha value is -2.43. The molecule has 28 heavy (non-hydrogen) atoms.